The van der Waals surface area contributed by atoms with Gasteiger partial charge in [0.05, 0.1) is 0 Å². The minimum Gasteiger partial charge on any atom is -0.756 e. The molecule has 2 unspecified atom stereocenters. The molecule has 0 aliphatic heterocycles. The molecular weight excluding hydrogens is 213 g/mol. The van der Waals surface area contributed by atoms with Gasteiger partial charge in [-0.15, -0.1) is 0 Å². The first-order chi connectivity index (χ1) is 6.20. The molecule has 0 aromatic heterocycles. The summed E-state index contributed by atoms with van der Waals surface area (Å²) in [7, 11) is -1.58. The Morgan fingerprint density at radius 1 is 1.29 bits per heavy atom. The van der Waals surface area contributed by atoms with E-state index in [2.05, 4.69) is 5.32 Å². The standard InChI is InChI=1S/C6H15NO2.H3O4P/c1-5(8-3)7-6(2)9-4;1-5(2,3)4/h5-7H,1-4H3;(H3,1,2,3,4). The first-order valence-corrected chi connectivity index (χ1v) is 5.32. The number of nitrogens with one attached hydrogen (secondary N) is 1. The summed E-state index contributed by atoms with van der Waals surface area (Å²) >= 11 is 0. The van der Waals surface area contributed by atoms with Crippen molar-refractivity contribution in [2.75, 3.05) is 14.2 Å². The van der Waals surface area contributed by atoms with Gasteiger partial charge in [-0.25, -0.2) is 0 Å². The van der Waals surface area contributed by atoms with Crippen LogP contribution in [0.25, 0.3) is 0 Å². The van der Waals surface area contributed by atoms with Crippen LogP contribution in [0.15, 0.2) is 0 Å². The van der Waals surface area contributed by atoms with E-state index in [1.165, 1.54) is 0 Å². The zero-order valence-electron chi connectivity index (χ0n) is 9.63. The Kier molecular flexibility index (Phi) is 9.75. The summed E-state index contributed by atoms with van der Waals surface area (Å²) in [4.78, 5) is 22.9. The second-order valence-electron chi connectivity index (χ2n) is 2.41. The Balaban J connectivity index is -0.000000208. The minimum absolute atomic E-state index is 0. The van der Waals surface area contributed by atoms with E-state index >= 15 is 0 Å². The number of hydrogen-bond donors (Lipinski definition) is 3. The molecule has 0 rings (SSSR count). The van der Waals surface area contributed by atoms with Gasteiger partial charge in [0.2, 0.25) is 0 Å². The fourth-order valence-corrected chi connectivity index (χ4v) is 0.467. The molecule has 3 N–H and O–H groups in total. The van der Waals surface area contributed by atoms with Crippen LogP contribution in [-0.4, -0.2) is 36.5 Å². The lowest BCUT2D eigenvalue weighted by Gasteiger charge is -2.16. The highest BCUT2D eigenvalue weighted by Crippen LogP contribution is 2.18. The van der Waals surface area contributed by atoms with E-state index in [1.54, 1.807) is 14.2 Å². The van der Waals surface area contributed by atoms with Gasteiger partial charge in [0, 0.05) is 14.2 Å². The monoisotopic (exact) mass is 231 g/mol. The highest BCUT2D eigenvalue weighted by Gasteiger charge is 2.02. The van der Waals surface area contributed by atoms with Gasteiger partial charge >= 0.3 is 1.43 Å². The lowest BCUT2D eigenvalue weighted by molar-refractivity contribution is -0.214. The number of ether oxygens (including phenoxy) is 2. The Morgan fingerprint density at radius 3 is 1.64 bits per heavy atom. The van der Waals surface area contributed by atoms with Crippen molar-refractivity contribution in [3.05, 3.63) is 0 Å². The van der Waals surface area contributed by atoms with Gasteiger partial charge in [-0.1, -0.05) is 0 Å². The van der Waals surface area contributed by atoms with E-state index in [-0.39, 0.29) is 13.9 Å². The molecule has 7 nitrogen and oxygen atoms in total. The topological polar surface area (TPSA) is 111 Å². The fourth-order valence-electron chi connectivity index (χ4n) is 0.467. The van der Waals surface area contributed by atoms with Gasteiger partial charge in [-0.2, -0.15) is 0 Å². The fraction of sp³-hybridized carbons (Fsp3) is 1.00. The van der Waals surface area contributed by atoms with Crippen LogP contribution in [0.5, 0.6) is 0 Å². The van der Waals surface area contributed by atoms with Crippen molar-refractivity contribution in [3.8, 4) is 0 Å². The normalized spacial score (nSPS) is 15.4. The van der Waals surface area contributed by atoms with Gasteiger partial charge < -0.3 is 24.2 Å². The molecule has 0 aromatic carbocycles. The lowest BCUT2D eigenvalue weighted by atomic mass is 10.5. The Hall–Kier alpha value is -0.0100. The van der Waals surface area contributed by atoms with Crippen molar-refractivity contribution >= 4 is 7.82 Å². The van der Waals surface area contributed by atoms with Crippen LogP contribution >= 0.6 is 7.82 Å². The molecule has 0 aliphatic rings. The van der Waals surface area contributed by atoms with Crippen LogP contribution in [0.3, 0.4) is 0 Å². The summed E-state index contributed by atoms with van der Waals surface area (Å²) in [5.74, 6) is 0. The third-order valence-corrected chi connectivity index (χ3v) is 1.18. The molecule has 2 atom stereocenters. The van der Waals surface area contributed by atoms with Crippen molar-refractivity contribution in [1.82, 2.24) is 5.32 Å². The van der Waals surface area contributed by atoms with Crippen LogP contribution in [0.2, 0.25) is 0 Å². The average molecular weight is 231 g/mol. The molecule has 0 saturated heterocycles. The summed E-state index contributed by atoms with van der Waals surface area (Å²) in [6, 6.07) is 0. The molecule has 0 fully saturated rings. The second-order valence-corrected chi connectivity index (χ2v) is 3.39. The summed E-state index contributed by atoms with van der Waals surface area (Å²) in [5.41, 5.74) is 0. The maximum atomic E-state index is 8.77. The van der Waals surface area contributed by atoms with E-state index in [9.17, 15) is 0 Å². The predicted octanol–water partition coefficient (Wildman–Crippen LogP) is -0.887. The van der Waals surface area contributed by atoms with E-state index in [4.69, 9.17) is 28.7 Å². The molecular formula is C6H18NO6P. The van der Waals surface area contributed by atoms with E-state index in [0.717, 1.165) is 0 Å². The zero-order valence-corrected chi connectivity index (χ0v) is 9.52. The summed E-state index contributed by atoms with van der Waals surface area (Å²) < 4.78 is 18.6. The highest BCUT2D eigenvalue weighted by atomic mass is 31.2. The molecule has 0 spiro atoms. The molecule has 0 radical (unpaired) electrons. The molecule has 14 heavy (non-hydrogen) atoms. The van der Waals surface area contributed by atoms with Crippen LogP contribution in [0.1, 0.15) is 15.3 Å². The van der Waals surface area contributed by atoms with Gasteiger partial charge in [-0.3, -0.25) is 9.88 Å². The van der Waals surface area contributed by atoms with Crippen LogP contribution in [0, 0.1) is 0 Å². The largest absolute Gasteiger partial charge is 1.00 e. The molecule has 88 valence electrons. The van der Waals surface area contributed by atoms with Gasteiger partial charge in [-0.05, 0) is 13.8 Å². The molecule has 0 aromatic rings. The molecule has 0 heterocycles. The second kappa shape index (κ2) is 8.31. The summed E-state index contributed by atoms with van der Waals surface area (Å²) in [6.07, 6.45) is 0.111. The number of phosphoric acid groups is 1. The van der Waals surface area contributed by atoms with Gasteiger partial charge in [0.15, 0.2) is 0 Å². The summed E-state index contributed by atoms with van der Waals surface area (Å²) in [6.45, 7) is 3.85. The number of hydrogen-bond acceptors (Lipinski definition) is 5. The smallest absolute Gasteiger partial charge is 0.756 e. The van der Waals surface area contributed by atoms with Crippen molar-refractivity contribution in [1.29, 1.82) is 0 Å². The van der Waals surface area contributed by atoms with E-state index in [0.29, 0.717) is 0 Å². The summed E-state index contributed by atoms with van der Waals surface area (Å²) in [5, 5.41) is 3.03. The van der Waals surface area contributed by atoms with Gasteiger partial charge in [0.1, 0.15) is 12.5 Å². The Labute approximate surface area is 84.8 Å². The first kappa shape index (κ1) is 16.4. The number of rotatable bonds is 4. The first-order valence-electron chi connectivity index (χ1n) is 3.79. The molecule has 0 aliphatic carbocycles. The maximum Gasteiger partial charge on any atom is 1.00 e. The van der Waals surface area contributed by atoms with E-state index in [1.807, 2.05) is 13.8 Å². The molecule has 8 heteroatoms. The Morgan fingerprint density at radius 2 is 1.50 bits per heavy atom. The predicted molar refractivity (Wildman–Crippen MR) is 49.2 cm³/mol. The van der Waals surface area contributed by atoms with Gasteiger partial charge in [0.25, 0.3) is 7.82 Å². The van der Waals surface area contributed by atoms with Crippen molar-refractivity contribution < 1.29 is 30.1 Å². The Bertz CT molecular complexity index is 161. The van der Waals surface area contributed by atoms with Crippen LogP contribution < -0.4 is 10.2 Å². The van der Waals surface area contributed by atoms with E-state index < -0.39 is 7.82 Å². The number of methoxy groups -OCH3 is 2. The SMILES string of the molecule is COC(C)NC(C)OC.O=P([O-])(O)O.[H+]. The third kappa shape index (κ3) is 22.7. The minimum atomic E-state index is -4.89. The molecule has 0 saturated carbocycles. The van der Waals surface area contributed by atoms with Crippen molar-refractivity contribution in [2.24, 2.45) is 0 Å². The highest BCUT2D eigenvalue weighted by molar-refractivity contribution is 7.43. The molecule has 0 bridgehead atoms. The third-order valence-electron chi connectivity index (χ3n) is 1.18. The maximum absolute atomic E-state index is 8.77. The quantitative estimate of drug-likeness (QED) is 0.425. The van der Waals surface area contributed by atoms with Crippen LogP contribution in [0.4, 0.5) is 0 Å². The average Bonchev–Trinajstić information content (AvgIpc) is 2.01. The van der Waals surface area contributed by atoms with Crippen molar-refractivity contribution in [3.63, 3.8) is 0 Å². The molecule has 0 amide bonds. The lowest BCUT2D eigenvalue weighted by Crippen LogP contribution is -2.36. The zero-order chi connectivity index (χ0) is 11.8. The van der Waals surface area contributed by atoms with Crippen molar-refractivity contribution in [2.45, 2.75) is 26.3 Å². The van der Waals surface area contributed by atoms with Crippen LogP contribution in [-0.2, 0) is 14.0 Å².